The van der Waals surface area contributed by atoms with Gasteiger partial charge in [-0.2, -0.15) is 0 Å². The third kappa shape index (κ3) is 5.06. The summed E-state index contributed by atoms with van der Waals surface area (Å²) in [6.45, 7) is 3.05. The molecule has 5 nitrogen and oxygen atoms in total. The Balaban J connectivity index is 1.01. The number of hydrogen-bond acceptors (Lipinski definition) is 3. The van der Waals surface area contributed by atoms with Crippen LogP contribution in [0.1, 0.15) is 58.7 Å². The van der Waals surface area contributed by atoms with Gasteiger partial charge < -0.3 is 14.2 Å². The number of rotatable bonds is 3. The van der Waals surface area contributed by atoms with Crippen LogP contribution in [-0.4, -0.2) is 47.8 Å². The summed E-state index contributed by atoms with van der Waals surface area (Å²) < 4.78 is 5.77. The summed E-state index contributed by atoms with van der Waals surface area (Å²) in [7, 11) is 0. The minimum absolute atomic E-state index is 0.0658. The number of fused-ring (bicyclic) bond motifs is 1. The number of piperidine rings is 1. The van der Waals surface area contributed by atoms with Gasteiger partial charge in [0.15, 0.2) is 11.5 Å². The number of carbonyl (C=O) groups is 2. The lowest BCUT2D eigenvalue weighted by atomic mass is 9.77. The van der Waals surface area contributed by atoms with E-state index in [0.29, 0.717) is 29.8 Å². The van der Waals surface area contributed by atoms with E-state index in [-0.39, 0.29) is 11.3 Å². The Morgan fingerprint density at radius 3 is 2.16 bits per heavy atom. The van der Waals surface area contributed by atoms with Gasteiger partial charge in [0.05, 0.1) is 0 Å². The molecule has 1 aliphatic carbocycles. The first-order chi connectivity index (χ1) is 18.1. The summed E-state index contributed by atoms with van der Waals surface area (Å²) in [4.78, 5) is 30.2. The Labute approximate surface area is 218 Å². The zero-order valence-corrected chi connectivity index (χ0v) is 21.1. The largest absolute Gasteiger partial charge is 0.443 e. The molecular weight excluding hydrogens is 460 g/mol. The number of carbonyl (C=O) groups excluding carboxylic acids is 2. The molecule has 0 unspecified atom stereocenters. The Bertz CT molecular complexity index is 1330. The third-order valence-corrected chi connectivity index (χ3v) is 8.42. The van der Waals surface area contributed by atoms with Crippen molar-refractivity contribution >= 4 is 11.8 Å². The Morgan fingerprint density at radius 1 is 0.811 bits per heavy atom. The monoisotopic (exact) mass is 492 g/mol. The molecule has 3 aliphatic rings. The normalized spacial score (nSPS) is 18.5. The molecule has 1 aromatic heterocycles. The van der Waals surface area contributed by atoms with Gasteiger partial charge in [-0.15, -0.1) is 0 Å². The lowest BCUT2D eigenvalue weighted by Crippen LogP contribution is -2.45. The van der Waals surface area contributed by atoms with Gasteiger partial charge in [0.25, 0.3) is 5.91 Å². The molecular formula is C32H32N2O3. The van der Waals surface area contributed by atoms with Crippen LogP contribution in [0.4, 0.5) is 0 Å². The predicted octanol–water partition coefficient (Wildman–Crippen LogP) is 4.94. The Hall–Kier alpha value is -3.78. The van der Waals surface area contributed by atoms with Crippen molar-refractivity contribution < 1.29 is 14.0 Å². The molecule has 5 heteroatoms. The van der Waals surface area contributed by atoms with Gasteiger partial charge in [-0.1, -0.05) is 48.4 Å². The average molecular weight is 493 g/mol. The van der Waals surface area contributed by atoms with Gasteiger partial charge in [-0.05, 0) is 84.7 Å². The fourth-order valence-corrected chi connectivity index (χ4v) is 6.25. The van der Waals surface area contributed by atoms with E-state index in [1.807, 2.05) is 35.2 Å². The molecule has 2 aliphatic heterocycles. The molecule has 3 heterocycles. The fraction of sp³-hybridized carbons (Fsp3) is 0.375. The van der Waals surface area contributed by atoms with Gasteiger partial charge in [-0.3, -0.25) is 9.59 Å². The number of furan rings is 1. The van der Waals surface area contributed by atoms with Crippen LogP contribution in [-0.2, 0) is 17.6 Å². The first kappa shape index (κ1) is 23.6. The molecule has 3 aromatic rings. The number of benzene rings is 2. The molecule has 2 aromatic carbocycles. The highest BCUT2D eigenvalue weighted by Gasteiger charge is 2.43. The van der Waals surface area contributed by atoms with E-state index < -0.39 is 0 Å². The summed E-state index contributed by atoms with van der Waals surface area (Å²) >= 11 is 0. The van der Waals surface area contributed by atoms with Gasteiger partial charge in [0.2, 0.25) is 5.91 Å². The first-order valence-electron chi connectivity index (χ1n) is 13.4. The molecule has 2 saturated heterocycles. The Kier molecular flexibility index (Phi) is 6.34. The molecule has 188 valence electrons. The van der Waals surface area contributed by atoms with Crippen LogP contribution in [0.3, 0.4) is 0 Å². The first-order valence-corrected chi connectivity index (χ1v) is 13.4. The second kappa shape index (κ2) is 9.94. The van der Waals surface area contributed by atoms with E-state index in [2.05, 4.69) is 41.0 Å². The smallest absolute Gasteiger partial charge is 0.289 e. The molecule has 37 heavy (non-hydrogen) atoms. The topological polar surface area (TPSA) is 53.8 Å². The van der Waals surface area contributed by atoms with E-state index >= 15 is 0 Å². The standard InChI is InChI=1S/C32H32N2O3/c35-30(22-25-20-26-8-4-5-9-27(26)21-25)33-17-14-32(15-18-33)16-19-34(23-32)31(36)29-13-12-28(37-29)11-10-24-6-2-1-3-7-24/h1-9,12-13,25H,14-23H2. The number of likely N-dealkylation sites (tertiary alicyclic amines) is 2. The highest BCUT2D eigenvalue weighted by Crippen LogP contribution is 2.41. The summed E-state index contributed by atoms with van der Waals surface area (Å²) in [5.74, 6) is 7.57. The third-order valence-electron chi connectivity index (χ3n) is 8.42. The SMILES string of the molecule is O=C(CC1Cc2ccccc2C1)N1CCC2(CC1)CCN(C(=O)c1ccc(C#Cc3ccccc3)o1)C2. The zero-order chi connectivity index (χ0) is 25.2. The summed E-state index contributed by atoms with van der Waals surface area (Å²) in [6.07, 6.45) is 5.57. The van der Waals surface area contributed by atoms with Gasteiger partial charge in [-0.25, -0.2) is 0 Å². The van der Waals surface area contributed by atoms with Crippen molar-refractivity contribution in [3.8, 4) is 11.8 Å². The fourth-order valence-electron chi connectivity index (χ4n) is 6.25. The molecule has 0 atom stereocenters. The van der Waals surface area contributed by atoms with Crippen molar-refractivity contribution in [1.29, 1.82) is 0 Å². The van der Waals surface area contributed by atoms with E-state index in [9.17, 15) is 9.59 Å². The molecule has 2 fully saturated rings. The molecule has 1 spiro atoms. The summed E-state index contributed by atoms with van der Waals surface area (Å²) in [5, 5.41) is 0. The summed E-state index contributed by atoms with van der Waals surface area (Å²) in [6, 6.07) is 21.8. The van der Waals surface area contributed by atoms with Crippen LogP contribution in [0, 0.1) is 23.2 Å². The van der Waals surface area contributed by atoms with Crippen molar-refractivity contribution in [1.82, 2.24) is 9.80 Å². The number of hydrogen-bond donors (Lipinski definition) is 0. The lowest BCUT2D eigenvalue weighted by molar-refractivity contribution is -0.134. The van der Waals surface area contributed by atoms with Gasteiger partial charge >= 0.3 is 0 Å². The molecule has 6 rings (SSSR count). The average Bonchev–Trinajstić information content (AvgIpc) is 3.67. The predicted molar refractivity (Wildman–Crippen MR) is 142 cm³/mol. The van der Waals surface area contributed by atoms with Crippen LogP contribution in [0.15, 0.2) is 71.1 Å². The maximum absolute atomic E-state index is 13.1. The quantitative estimate of drug-likeness (QED) is 0.487. The minimum atomic E-state index is -0.0658. The molecule has 0 saturated carbocycles. The van der Waals surface area contributed by atoms with E-state index in [1.165, 1.54) is 11.1 Å². The highest BCUT2D eigenvalue weighted by atomic mass is 16.3. The van der Waals surface area contributed by atoms with Crippen LogP contribution >= 0.6 is 0 Å². The van der Waals surface area contributed by atoms with Crippen molar-refractivity contribution in [2.24, 2.45) is 11.3 Å². The highest BCUT2D eigenvalue weighted by molar-refractivity contribution is 5.92. The van der Waals surface area contributed by atoms with Crippen LogP contribution in [0.25, 0.3) is 0 Å². The molecule has 0 radical (unpaired) electrons. The van der Waals surface area contributed by atoms with Crippen LogP contribution in [0.5, 0.6) is 0 Å². The number of nitrogens with zero attached hydrogens (tertiary/aromatic N) is 2. The van der Waals surface area contributed by atoms with Crippen molar-refractivity contribution in [2.45, 2.75) is 38.5 Å². The molecule has 0 bridgehead atoms. The minimum Gasteiger partial charge on any atom is -0.443 e. The van der Waals surface area contributed by atoms with Crippen LogP contribution in [0.2, 0.25) is 0 Å². The second-order valence-electron chi connectivity index (χ2n) is 10.9. The molecule has 2 amide bonds. The maximum atomic E-state index is 13.1. The Morgan fingerprint density at radius 2 is 1.46 bits per heavy atom. The number of amides is 2. The summed E-state index contributed by atoms with van der Waals surface area (Å²) in [5.41, 5.74) is 3.82. The van der Waals surface area contributed by atoms with Gasteiger partial charge in [0, 0.05) is 38.2 Å². The second-order valence-corrected chi connectivity index (χ2v) is 10.9. The van der Waals surface area contributed by atoms with E-state index in [0.717, 1.165) is 63.8 Å². The molecule has 0 N–H and O–H groups in total. The lowest BCUT2D eigenvalue weighted by Gasteiger charge is -2.39. The van der Waals surface area contributed by atoms with E-state index in [4.69, 9.17) is 4.42 Å². The van der Waals surface area contributed by atoms with Crippen LogP contribution < -0.4 is 0 Å². The van der Waals surface area contributed by atoms with E-state index in [1.54, 1.807) is 12.1 Å². The van der Waals surface area contributed by atoms with Gasteiger partial charge in [0.1, 0.15) is 0 Å². The van der Waals surface area contributed by atoms with Crippen molar-refractivity contribution in [3.63, 3.8) is 0 Å². The van der Waals surface area contributed by atoms with Crippen molar-refractivity contribution in [2.75, 3.05) is 26.2 Å². The van der Waals surface area contributed by atoms with Crippen molar-refractivity contribution in [3.05, 3.63) is 94.9 Å². The zero-order valence-electron chi connectivity index (χ0n) is 21.1. The maximum Gasteiger partial charge on any atom is 0.289 e.